The number of benzene rings is 1. The third-order valence-electron chi connectivity index (χ3n) is 4.91. The maximum atomic E-state index is 5.44. The highest BCUT2D eigenvalue weighted by molar-refractivity contribution is 5.57. The first-order valence-electron chi connectivity index (χ1n) is 8.90. The van der Waals surface area contributed by atoms with E-state index >= 15 is 0 Å². The number of aryl methyl sites for hydroxylation is 1. The molecule has 1 fully saturated rings. The zero-order chi connectivity index (χ0) is 17.1. The molecule has 130 valence electrons. The van der Waals surface area contributed by atoms with Crippen molar-refractivity contribution in [2.24, 2.45) is 5.92 Å². The Balaban J connectivity index is 1.28. The number of likely N-dealkylation sites (tertiary alicyclic amines) is 1. The minimum Gasteiger partial charge on any atom is -0.464 e. The molecule has 1 saturated heterocycles. The molecule has 0 bridgehead atoms. The summed E-state index contributed by atoms with van der Waals surface area (Å²) in [5.74, 6) is 3.08. The lowest BCUT2D eigenvalue weighted by atomic mass is 9.93. The predicted molar refractivity (Wildman–Crippen MR) is 94.9 cm³/mol. The van der Waals surface area contributed by atoms with Gasteiger partial charge in [-0.15, -0.1) is 0 Å². The first-order chi connectivity index (χ1) is 12.3. The molecule has 1 aromatic carbocycles. The Morgan fingerprint density at radius 1 is 1.12 bits per heavy atom. The van der Waals surface area contributed by atoms with Crippen LogP contribution < -0.4 is 0 Å². The Labute approximate surface area is 147 Å². The first-order valence-corrected chi connectivity index (χ1v) is 8.90. The summed E-state index contributed by atoms with van der Waals surface area (Å²) in [5.41, 5.74) is 2.48. The second-order valence-electron chi connectivity index (χ2n) is 6.83. The summed E-state index contributed by atoms with van der Waals surface area (Å²) in [7, 11) is 0. The third-order valence-corrected chi connectivity index (χ3v) is 4.91. The summed E-state index contributed by atoms with van der Waals surface area (Å²) in [4.78, 5) is 6.85. The van der Waals surface area contributed by atoms with E-state index in [9.17, 15) is 0 Å². The van der Waals surface area contributed by atoms with Crippen LogP contribution >= 0.6 is 0 Å². The quantitative estimate of drug-likeness (QED) is 0.702. The predicted octanol–water partition coefficient (Wildman–Crippen LogP) is 4.09. The second kappa shape index (κ2) is 7.23. The molecule has 4 rings (SSSR count). The number of aromatic nitrogens is 2. The Morgan fingerprint density at radius 3 is 2.56 bits per heavy atom. The van der Waals surface area contributed by atoms with Crippen molar-refractivity contribution in [3.05, 3.63) is 59.9 Å². The van der Waals surface area contributed by atoms with Crippen LogP contribution in [-0.4, -0.2) is 28.1 Å². The Hall–Kier alpha value is -2.40. The average molecular weight is 337 g/mol. The summed E-state index contributed by atoms with van der Waals surface area (Å²) in [6.45, 7) is 5.12. The van der Waals surface area contributed by atoms with E-state index < -0.39 is 0 Å². The van der Waals surface area contributed by atoms with Gasteiger partial charge in [0.05, 0.1) is 6.26 Å². The van der Waals surface area contributed by atoms with Crippen LogP contribution in [0.2, 0.25) is 0 Å². The van der Waals surface area contributed by atoms with Gasteiger partial charge in [-0.05, 0) is 56.5 Å². The molecule has 1 aliphatic heterocycles. The summed E-state index contributed by atoms with van der Waals surface area (Å²) < 4.78 is 10.7. The summed E-state index contributed by atoms with van der Waals surface area (Å²) in [6.07, 6.45) is 4.99. The molecular formula is C20H23N3O2. The van der Waals surface area contributed by atoms with Crippen molar-refractivity contribution in [1.82, 2.24) is 15.0 Å². The van der Waals surface area contributed by atoms with E-state index in [1.165, 1.54) is 18.4 Å². The van der Waals surface area contributed by atoms with Crippen LogP contribution in [0.3, 0.4) is 0 Å². The van der Waals surface area contributed by atoms with Gasteiger partial charge >= 0.3 is 0 Å². The molecular weight excluding hydrogens is 314 g/mol. The van der Waals surface area contributed by atoms with Gasteiger partial charge in [0.15, 0.2) is 5.82 Å². The van der Waals surface area contributed by atoms with Crippen molar-refractivity contribution in [2.75, 3.05) is 13.1 Å². The monoisotopic (exact) mass is 337 g/mol. The SMILES string of the molecule is Cc1noc(CC2CCN(Cc3ccc(-c4ccco4)cc3)CC2)n1. The number of furan rings is 1. The molecule has 1 aliphatic rings. The van der Waals surface area contributed by atoms with Crippen LogP contribution in [0.5, 0.6) is 0 Å². The molecule has 5 heteroatoms. The van der Waals surface area contributed by atoms with Crippen molar-refractivity contribution < 1.29 is 8.94 Å². The normalized spacial score (nSPS) is 16.4. The van der Waals surface area contributed by atoms with E-state index in [2.05, 4.69) is 39.3 Å². The minimum atomic E-state index is 0.650. The topological polar surface area (TPSA) is 55.3 Å². The minimum absolute atomic E-state index is 0.650. The van der Waals surface area contributed by atoms with Gasteiger partial charge in [-0.3, -0.25) is 4.90 Å². The smallest absolute Gasteiger partial charge is 0.226 e. The molecule has 0 N–H and O–H groups in total. The van der Waals surface area contributed by atoms with E-state index in [-0.39, 0.29) is 0 Å². The number of hydrogen-bond donors (Lipinski definition) is 0. The van der Waals surface area contributed by atoms with E-state index in [0.29, 0.717) is 5.92 Å². The zero-order valence-electron chi connectivity index (χ0n) is 14.5. The molecule has 0 unspecified atom stereocenters. The number of rotatable bonds is 5. The third kappa shape index (κ3) is 3.99. The number of nitrogens with zero attached hydrogens (tertiary/aromatic N) is 3. The first kappa shape index (κ1) is 16.1. The molecule has 0 spiro atoms. The van der Waals surface area contributed by atoms with Crippen LogP contribution in [0.4, 0.5) is 0 Å². The molecule has 0 saturated carbocycles. The molecule has 0 radical (unpaired) electrons. The maximum Gasteiger partial charge on any atom is 0.226 e. The second-order valence-corrected chi connectivity index (χ2v) is 6.83. The van der Waals surface area contributed by atoms with Crippen LogP contribution in [-0.2, 0) is 13.0 Å². The highest BCUT2D eigenvalue weighted by Crippen LogP contribution is 2.24. The highest BCUT2D eigenvalue weighted by Gasteiger charge is 2.21. The lowest BCUT2D eigenvalue weighted by molar-refractivity contribution is 0.171. The van der Waals surface area contributed by atoms with Gasteiger partial charge in [0.2, 0.25) is 5.89 Å². The molecule has 3 heterocycles. The van der Waals surface area contributed by atoms with Gasteiger partial charge in [-0.1, -0.05) is 29.4 Å². The average Bonchev–Trinajstić information content (AvgIpc) is 3.29. The lowest BCUT2D eigenvalue weighted by Gasteiger charge is -2.31. The summed E-state index contributed by atoms with van der Waals surface area (Å²) in [5, 5.41) is 3.88. The van der Waals surface area contributed by atoms with Crippen molar-refractivity contribution in [3.63, 3.8) is 0 Å². The number of piperidine rings is 1. The maximum absolute atomic E-state index is 5.44. The summed E-state index contributed by atoms with van der Waals surface area (Å²) >= 11 is 0. The number of hydrogen-bond acceptors (Lipinski definition) is 5. The standard InChI is InChI=1S/C20H23N3O2/c1-15-21-20(25-22-15)13-16-8-10-23(11-9-16)14-17-4-6-18(7-5-17)19-3-2-12-24-19/h2-7,12,16H,8-11,13-14H2,1H3. The molecule has 5 nitrogen and oxygen atoms in total. The largest absolute Gasteiger partial charge is 0.464 e. The van der Waals surface area contributed by atoms with Crippen molar-refractivity contribution in [2.45, 2.75) is 32.7 Å². The molecule has 0 atom stereocenters. The fraction of sp³-hybridized carbons (Fsp3) is 0.400. The molecule has 0 amide bonds. The highest BCUT2D eigenvalue weighted by atomic mass is 16.5. The fourth-order valence-electron chi connectivity index (χ4n) is 3.49. The van der Waals surface area contributed by atoms with Gasteiger partial charge < -0.3 is 8.94 Å². The Bertz CT molecular complexity index is 785. The summed E-state index contributed by atoms with van der Waals surface area (Å²) in [6, 6.07) is 12.6. The molecule has 2 aromatic heterocycles. The fourth-order valence-corrected chi connectivity index (χ4v) is 3.49. The lowest BCUT2D eigenvalue weighted by Crippen LogP contribution is -2.33. The van der Waals surface area contributed by atoms with Crippen molar-refractivity contribution in [3.8, 4) is 11.3 Å². The van der Waals surface area contributed by atoms with E-state index in [1.54, 1.807) is 6.26 Å². The van der Waals surface area contributed by atoms with Crippen LogP contribution in [0.1, 0.15) is 30.1 Å². The van der Waals surface area contributed by atoms with Gasteiger partial charge in [-0.25, -0.2) is 0 Å². The van der Waals surface area contributed by atoms with Gasteiger partial charge in [0.1, 0.15) is 5.76 Å². The van der Waals surface area contributed by atoms with Crippen LogP contribution in [0, 0.1) is 12.8 Å². The van der Waals surface area contributed by atoms with Crippen molar-refractivity contribution in [1.29, 1.82) is 0 Å². The Kier molecular flexibility index (Phi) is 4.65. The molecule has 3 aromatic rings. The van der Waals surface area contributed by atoms with Gasteiger partial charge in [-0.2, -0.15) is 4.98 Å². The molecule has 0 aliphatic carbocycles. The van der Waals surface area contributed by atoms with Crippen LogP contribution in [0.25, 0.3) is 11.3 Å². The zero-order valence-corrected chi connectivity index (χ0v) is 14.5. The Morgan fingerprint density at radius 2 is 1.92 bits per heavy atom. The van der Waals surface area contributed by atoms with Gasteiger partial charge in [0.25, 0.3) is 0 Å². The van der Waals surface area contributed by atoms with Crippen LogP contribution in [0.15, 0.2) is 51.6 Å². The van der Waals surface area contributed by atoms with Crippen molar-refractivity contribution >= 4 is 0 Å². The molecule has 25 heavy (non-hydrogen) atoms. The van der Waals surface area contributed by atoms with E-state index in [1.807, 2.05) is 19.1 Å². The van der Waals surface area contributed by atoms with Gasteiger partial charge in [0, 0.05) is 18.5 Å². The van der Waals surface area contributed by atoms with E-state index in [4.69, 9.17) is 8.94 Å². The van der Waals surface area contributed by atoms with E-state index in [0.717, 1.165) is 49.1 Å².